The summed E-state index contributed by atoms with van der Waals surface area (Å²) < 4.78 is 6.86. The Bertz CT molecular complexity index is 3500. The normalized spacial score (nSPS) is 11.5. The van der Waals surface area contributed by atoms with Gasteiger partial charge in [-0.1, -0.05) is 109 Å². The quantitative estimate of drug-likeness (QED) is 0.162. The minimum absolute atomic E-state index is 0.500. The van der Waals surface area contributed by atoms with E-state index in [-0.39, 0.29) is 0 Å². The average molecular weight is 725 g/mol. The molecule has 0 saturated carbocycles. The number of hydrogen-bond donors (Lipinski definition) is 0. The Morgan fingerprint density at radius 1 is 0.333 bits per heavy atom. The van der Waals surface area contributed by atoms with Crippen molar-refractivity contribution in [2.45, 2.75) is 0 Å². The van der Waals surface area contributed by atoms with Crippen LogP contribution in [0.25, 0.3) is 108 Å². The van der Waals surface area contributed by atoms with Gasteiger partial charge in [0.2, 0.25) is 5.69 Å². The highest BCUT2D eigenvalue weighted by Crippen LogP contribution is 2.45. The zero-order chi connectivity index (χ0) is 38.2. The van der Waals surface area contributed by atoms with Gasteiger partial charge in [0, 0.05) is 32.8 Å². The molecule has 11 rings (SSSR count). The van der Waals surface area contributed by atoms with E-state index in [2.05, 4.69) is 150 Å². The molecule has 0 saturated heterocycles. The Labute approximate surface area is 327 Å². The SMILES string of the molecule is [C-]#[N+]c1ccc2c(c1)c1cc([N+]#[C-])ccc1n2-c1c([N+]#[C-])cccc1-c1ccccc1-n1c2ccccc2c2ccc(-n3c4ccccc4c4ccccc43)cc21. The van der Waals surface area contributed by atoms with Crippen LogP contribution in [-0.2, 0) is 0 Å². The molecule has 0 radical (unpaired) electrons. The lowest BCUT2D eigenvalue weighted by Crippen LogP contribution is -2.02. The third kappa shape index (κ3) is 4.61. The molecule has 0 atom stereocenters. The summed E-state index contributed by atoms with van der Waals surface area (Å²) in [7, 11) is 0. The van der Waals surface area contributed by atoms with Gasteiger partial charge in [-0.3, -0.25) is 0 Å². The van der Waals surface area contributed by atoms with Gasteiger partial charge in [-0.15, -0.1) is 0 Å². The van der Waals surface area contributed by atoms with Crippen LogP contribution in [0.1, 0.15) is 0 Å². The van der Waals surface area contributed by atoms with Gasteiger partial charge in [0.05, 0.1) is 64.2 Å². The zero-order valence-corrected chi connectivity index (χ0v) is 30.3. The summed E-state index contributed by atoms with van der Waals surface area (Å²) >= 11 is 0. The average Bonchev–Trinajstić information content (AvgIpc) is 3.90. The number of aromatic nitrogens is 3. The van der Waals surface area contributed by atoms with Crippen LogP contribution in [0.2, 0.25) is 0 Å². The van der Waals surface area contributed by atoms with Crippen molar-refractivity contribution in [2.75, 3.05) is 0 Å². The molecule has 11 aromatic rings. The van der Waals surface area contributed by atoms with Gasteiger partial charge in [0.1, 0.15) is 0 Å². The molecule has 0 aliphatic carbocycles. The van der Waals surface area contributed by atoms with Crippen molar-refractivity contribution in [1.29, 1.82) is 0 Å². The van der Waals surface area contributed by atoms with Crippen molar-refractivity contribution < 1.29 is 0 Å². The first kappa shape index (κ1) is 32.1. The van der Waals surface area contributed by atoms with E-state index in [9.17, 15) is 0 Å². The molecule has 0 aliphatic heterocycles. The smallest absolute Gasteiger partial charge is 0.211 e. The van der Waals surface area contributed by atoms with Gasteiger partial charge in [-0.25, -0.2) is 14.5 Å². The fraction of sp³-hybridized carbons (Fsp3) is 0. The predicted molar refractivity (Wildman–Crippen MR) is 234 cm³/mol. The van der Waals surface area contributed by atoms with E-state index in [0.717, 1.165) is 82.8 Å². The van der Waals surface area contributed by atoms with E-state index in [1.54, 1.807) is 0 Å². The molecule has 262 valence electrons. The molecule has 6 nitrogen and oxygen atoms in total. The number of rotatable bonds is 4. The first-order valence-electron chi connectivity index (χ1n) is 18.6. The highest BCUT2D eigenvalue weighted by molar-refractivity contribution is 6.14. The topological polar surface area (TPSA) is 27.9 Å². The fourth-order valence-corrected chi connectivity index (χ4v) is 8.91. The molecule has 0 aliphatic rings. The minimum Gasteiger partial charge on any atom is -0.319 e. The van der Waals surface area contributed by atoms with E-state index >= 15 is 0 Å². The number of benzene rings is 8. The summed E-state index contributed by atoms with van der Waals surface area (Å²) in [6, 6.07) is 58.2. The minimum atomic E-state index is 0.500. The van der Waals surface area contributed by atoms with Crippen molar-refractivity contribution >= 4 is 82.5 Å². The van der Waals surface area contributed by atoms with Crippen LogP contribution in [-0.4, -0.2) is 13.7 Å². The summed E-state index contributed by atoms with van der Waals surface area (Å²) in [6.07, 6.45) is 0. The highest BCUT2D eigenvalue weighted by atomic mass is 15.0. The lowest BCUT2D eigenvalue weighted by atomic mass is 9.99. The maximum Gasteiger partial charge on any atom is 0.211 e. The molecule has 8 aromatic carbocycles. The maximum atomic E-state index is 8.43. The number of nitrogens with zero attached hydrogens (tertiary/aromatic N) is 6. The Hall–Kier alpha value is -8.37. The third-order valence-corrected chi connectivity index (χ3v) is 11.3. The lowest BCUT2D eigenvalue weighted by molar-refractivity contribution is 1.15. The lowest BCUT2D eigenvalue weighted by Gasteiger charge is -2.20. The Morgan fingerprint density at radius 3 is 1.44 bits per heavy atom. The molecular weight excluding hydrogens is 697 g/mol. The third-order valence-electron chi connectivity index (χ3n) is 11.3. The Kier molecular flexibility index (Phi) is 6.95. The molecule has 0 spiro atoms. The summed E-state index contributed by atoms with van der Waals surface area (Å²) in [4.78, 5) is 11.5. The second kappa shape index (κ2) is 12.3. The summed E-state index contributed by atoms with van der Waals surface area (Å²) in [6.45, 7) is 23.9. The molecule has 0 amide bonds. The van der Waals surface area contributed by atoms with Gasteiger partial charge < -0.3 is 13.7 Å². The van der Waals surface area contributed by atoms with Crippen molar-refractivity contribution in [3.8, 4) is 28.2 Å². The van der Waals surface area contributed by atoms with Crippen LogP contribution in [0, 0.1) is 19.7 Å². The van der Waals surface area contributed by atoms with Crippen LogP contribution < -0.4 is 0 Å². The van der Waals surface area contributed by atoms with E-state index in [0.29, 0.717) is 17.1 Å². The van der Waals surface area contributed by atoms with Gasteiger partial charge in [-0.05, 0) is 77.0 Å². The molecule has 0 N–H and O–H groups in total. The number of para-hydroxylation sites is 5. The zero-order valence-electron chi connectivity index (χ0n) is 30.3. The number of fused-ring (bicyclic) bond motifs is 9. The fourth-order valence-electron chi connectivity index (χ4n) is 8.91. The molecular formula is C51H28N6. The van der Waals surface area contributed by atoms with Gasteiger partial charge >= 0.3 is 0 Å². The van der Waals surface area contributed by atoms with Gasteiger partial charge in [0.15, 0.2) is 11.4 Å². The van der Waals surface area contributed by atoms with Crippen molar-refractivity contribution in [3.05, 3.63) is 204 Å². The van der Waals surface area contributed by atoms with E-state index in [4.69, 9.17) is 19.7 Å². The molecule has 0 fully saturated rings. The maximum absolute atomic E-state index is 8.43. The molecule has 6 heteroatoms. The van der Waals surface area contributed by atoms with Crippen molar-refractivity contribution in [2.24, 2.45) is 0 Å². The largest absolute Gasteiger partial charge is 0.319 e. The summed E-state index contributed by atoms with van der Waals surface area (Å²) in [5, 5.41) is 6.46. The second-order valence-electron chi connectivity index (χ2n) is 14.2. The molecule has 3 aromatic heterocycles. The molecule has 3 heterocycles. The van der Waals surface area contributed by atoms with Gasteiger partial charge in [-0.2, -0.15) is 0 Å². The van der Waals surface area contributed by atoms with Crippen LogP contribution in [0.15, 0.2) is 170 Å². The van der Waals surface area contributed by atoms with Crippen LogP contribution in [0.5, 0.6) is 0 Å². The first-order valence-corrected chi connectivity index (χ1v) is 18.6. The van der Waals surface area contributed by atoms with E-state index in [1.165, 1.54) is 10.8 Å². The molecule has 57 heavy (non-hydrogen) atoms. The van der Waals surface area contributed by atoms with E-state index < -0.39 is 0 Å². The Morgan fingerprint density at radius 2 is 0.842 bits per heavy atom. The molecule has 0 bridgehead atoms. The van der Waals surface area contributed by atoms with Crippen molar-refractivity contribution in [1.82, 2.24) is 13.7 Å². The van der Waals surface area contributed by atoms with Crippen LogP contribution in [0.3, 0.4) is 0 Å². The monoisotopic (exact) mass is 724 g/mol. The first-order chi connectivity index (χ1) is 28.2. The Balaban J connectivity index is 1.22. The van der Waals surface area contributed by atoms with Crippen LogP contribution in [0.4, 0.5) is 17.1 Å². The van der Waals surface area contributed by atoms with E-state index in [1.807, 2.05) is 48.5 Å². The number of hydrogen-bond acceptors (Lipinski definition) is 0. The predicted octanol–water partition coefficient (Wildman–Crippen LogP) is 14.3. The molecule has 0 unspecified atom stereocenters. The van der Waals surface area contributed by atoms with Crippen LogP contribution >= 0.6 is 0 Å². The standard InChI is InChI=1S/C51H28N6/c1-52-32-23-27-48-41(29-32)42-30-33(53-2)24-28-49(42)57(48)51-40(17-12-18-43(51)54-3)38-16-7-11-22-47(38)56-46-21-10-6-15-37(46)39-26-25-34(31-50(39)56)55-44-19-8-4-13-35(44)36-14-5-9-20-45(36)55/h4-31H. The summed E-state index contributed by atoms with van der Waals surface area (Å²) in [5.41, 5.74) is 12.4. The van der Waals surface area contributed by atoms with Crippen molar-refractivity contribution in [3.63, 3.8) is 0 Å². The van der Waals surface area contributed by atoms with Gasteiger partial charge in [0.25, 0.3) is 0 Å². The highest BCUT2D eigenvalue weighted by Gasteiger charge is 2.23. The second-order valence-corrected chi connectivity index (χ2v) is 14.2. The summed E-state index contributed by atoms with van der Waals surface area (Å²) in [5.74, 6) is 0.